The van der Waals surface area contributed by atoms with Gasteiger partial charge in [0.1, 0.15) is 5.69 Å². The minimum atomic E-state index is -0.252. The first-order chi connectivity index (χ1) is 13.5. The van der Waals surface area contributed by atoms with E-state index in [0.717, 1.165) is 53.8 Å². The minimum Gasteiger partial charge on any atom is -0.370 e. The SMILES string of the molecule is NC(=O)CC1CCCN(c2nnc(-c3ccc(Cl)c(Cl)c3)c3ccccc23)C1. The summed E-state index contributed by atoms with van der Waals surface area (Å²) in [5.41, 5.74) is 7.04. The fourth-order valence-corrected chi connectivity index (χ4v) is 4.19. The third kappa shape index (κ3) is 3.77. The van der Waals surface area contributed by atoms with Crippen LogP contribution in [-0.4, -0.2) is 29.2 Å². The van der Waals surface area contributed by atoms with Gasteiger partial charge in [-0.1, -0.05) is 53.5 Å². The largest absolute Gasteiger partial charge is 0.370 e. The third-order valence-electron chi connectivity index (χ3n) is 5.17. The van der Waals surface area contributed by atoms with E-state index in [1.807, 2.05) is 30.3 Å². The molecule has 1 atom stereocenters. The molecule has 2 heterocycles. The van der Waals surface area contributed by atoms with Gasteiger partial charge in [-0.25, -0.2) is 0 Å². The van der Waals surface area contributed by atoms with Crippen LogP contribution in [-0.2, 0) is 4.79 Å². The Morgan fingerprint density at radius 1 is 1.11 bits per heavy atom. The summed E-state index contributed by atoms with van der Waals surface area (Å²) in [6.07, 6.45) is 2.41. The van der Waals surface area contributed by atoms with E-state index in [-0.39, 0.29) is 11.8 Å². The van der Waals surface area contributed by atoms with Crippen LogP contribution in [0.2, 0.25) is 10.0 Å². The number of primary amides is 1. The van der Waals surface area contributed by atoms with Crippen LogP contribution in [0.1, 0.15) is 19.3 Å². The maximum atomic E-state index is 11.3. The second kappa shape index (κ2) is 7.94. The fraction of sp³-hybridized carbons (Fsp3) is 0.286. The Kier molecular flexibility index (Phi) is 5.38. The molecule has 0 bridgehead atoms. The van der Waals surface area contributed by atoms with Crippen molar-refractivity contribution in [2.75, 3.05) is 18.0 Å². The number of hydrogen-bond acceptors (Lipinski definition) is 4. The van der Waals surface area contributed by atoms with Crippen molar-refractivity contribution in [2.45, 2.75) is 19.3 Å². The highest BCUT2D eigenvalue weighted by Gasteiger charge is 2.24. The number of fused-ring (bicyclic) bond motifs is 1. The van der Waals surface area contributed by atoms with E-state index in [0.29, 0.717) is 16.5 Å². The summed E-state index contributed by atoms with van der Waals surface area (Å²) in [5.74, 6) is 0.841. The van der Waals surface area contributed by atoms with E-state index >= 15 is 0 Å². The summed E-state index contributed by atoms with van der Waals surface area (Å²) < 4.78 is 0. The van der Waals surface area contributed by atoms with Crippen molar-refractivity contribution in [1.29, 1.82) is 0 Å². The van der Waals surface area contributed by atoms with E-state index in [4.69, 9.17) is 28.9 Å². The first-order valence-electron chi connectivity index (χ1n) is 9.27. The zero-order valence-electron chi connectivity index (χ0n) is 15.2. The highest BCUT2D eigenvalue weighted by Crippen LogP contribution is 2.35. The van der Waals surface area contributed by atoms with E-state index in [1.54, 1.807) is 6.07 Å². The maximum Gasteiger partial charge on any atom is 0.217 e. The van der Waals surface area contributed by atoms with Gasteiger partial charge in [0.25, 0.3) is 0 Å². The first-order valence-corrected chi connectivity index (χ1v) is 10.0. The minimum absolute atomic E-state index is 0.251. The van der Waals surface area contributed by atoms with Crippen LogP contribution in [0.3, 0.4) is 0 Å². The number of nitrogens with two attached hydrogens (primary N) is 1. The number of amides is 1. The van der Waals surface area contributed by atoms with Crippen LogP contribution in [0.4, 0.5) is 5.82 Å². The quantitative estimate of drug-likeness (QED) is 0.671. The summed E-state index contributed by atoms with van der Waals surface area (Å²) >= 11 is 12.3. The molecule has 0 saturated carbocycles. The zero-order chi connectivity index (χ0) is 19.7. The molecule has 5 nitrogen and oxygen atoms in total. The van der Waals surface area contributed by atoms with Gasteiger partial charge in [-0.2, -0.15) is 0 Å². The van der Waals surface area contributed by atoms with E-state index in [1.165, 1.54) is 0 Å². The van der Waals surface area contributed by atoms with E-state index in [9.17, 15) is 4.79 Å². The van der Waals surface area contributed by atoms with Crippen LogP contribution < -0.4 is 10.6 Å². The number of anilines is 1. The Morgan fingerprint density at radius 2 is 1.89 bits per heavy atom. The lowest BCUT2D eigenvalue weighted by Crippen LogP contribution is -2.37. The van der Waals surface area contributed by atoms with Crippen LogP contribution in [0.25, 0.3) is 22.0 Å². The predicted molar refractivity (Wildman–Crippen MR) is 114 cm³/mol. The lowest BCUT2D eigenvalue weighted by molar-refractivity contribution is -0.118. The summed E-state index contributed by atoms with van der Waals surface area (Å²) in [7, 11) is 0. The second-order valence-electron chi connectivity index (χ2n) is 7.17. The highest BCUT2D eigenvalue weighted by molar-refractivity contribution is 6.42. The number of rotatable bonds is 4. The number of carbonyl (C=O) groups excluding carboxylic acids is 1. The normalized spacial score (nSPS) is 17.1. The van der Waals surface area contributed by atoms with Crippen molar-refractivity contribution in [3.05, 3.63) is 52.5 Å². The van der Waals surface area contributed by atoms with Gasteiger partial charge in [0.15, 0.2) is 5.82 Å². The number of hydrogen-bond donors (Lipinski definition) is 1. The van der Waals surface area contributed by atoms with Gasteiger partial charge in [0.05, 0.1) is 10.0 Å². The highest BCUT2D eigenvalue weighted by atomic mass is 35.5. The number of nitrogens with zero attached hydrogens (tertiary/aromatic N) is 3. The van der Waals surface area contributed by atoms with Crippen molar-refractivity contribution in [3.63, 3.8) is 0 Å². The molecule has 144 valence electrons. The van der Waals surface area contributed by atoms with E-state index in [2.05, 4.69) is 21.2 Å². The molecule has 1 fully saturated rings. The molecule has 1 aliphatic rings. The van der Waals surface area contributed by atoms with Crippen LogP contribution in [0.5, 0.6) is 0 Å². The topological polar surface area (TPSA) is 72.1 Å². The van der Waals surface area contributed by atoms with Gasteiger partial charge >= 0.3 is 0 Å². The van der Waals surface area contributed by atoms with E-state index < -0.39 is 0 Å². The second-order valence-corrected chi connectivity index (χ2v) is 7.99. The average Bonchev–Trinajstić information content (AvgIpc) is 2.69. The lowest BCUT2D eigenvalue weighted by Gasteiger charge is -2.33. The van der Waals surface area contributed by atoms with Crippen molar-refractivity contribution in [1.82, 2.24) is 10.2 Å². The molecule has 1 saturated heterocycles. The van der Waals surface area contributed by atoms with Gasteiger partial charge in [-0.3, -0.25) is 4.79 Å². The summed E-state index contributed by atoms with van der Waals surface area (Å²) in [6, 6.07) is 13.5. The molecule has 1 unspecified atom stereocenters. The molecule has 0 radical (unpaired) electrons. The molecule has 1 aromatic heterocycles. The van der Waals surface area contributed by atoms with Crippen LogP contribution >= 0.6 is 23.2 Å². The number of aromatic nitrogens is 2. The van der Waals surface area contributed by atoms with Crippen molar-refractivity contribution in [2.24, 2.45) is 11.7 Å². The van der Waals surface area contributed by atoms with Gasteiger partial charge in [-0.15, -0.1) is 10.2 Å². The van der Waals surface area contributed by atoms with Crippen molar-refractivity contribution < 1.29 is 4.79 Å². The molecule has 7 heteroatoms. The first kappa shape index (κ1) is 19.0. The molecule has 4 rings (SSSR count). The molecule has 1 amide bonds. The molecule has 2 aromatic carbocycles. The van der Waals surface area contributed by atoms with Crippen molar-refractivity contribution >= 4 is 45.7 Å². The molecule has 28 heavy (non-hydrogen) atoms. The summed E-state index contributed by atoms with van der Waals surface area (Å²) in [6.45, 7) is 1.65. The van der Waals surface area contributed by atoms with Gasteiger partial charge < -0.3 is 10.6 Å². The number of piperidine rings is 1. The Bertz CT molecular complexity index is 1040. The van der Waals surface area contributed by atoms with Gasteiger partial charge in [0, 0.05) is 35.8 Å². The molecule has 0 aliphatic carbocycles. The average molecular weight is 415 g/mol. The molecule has 0 spiro atoms. The van der Waals surface area contributed by atoms with Crippen LogP contribution in [0, 0.1) is 5.92 Å². The number of benzene rings is 2. The Hall–Kier alpha value is -2.37. The summed E-state index contributed by atoms with van der Waals surface area (Å²) in [5, 5.41) is 12.1. The monoisotopic (exact) mass is 414 g/mol. The lowest BCUT2D eigenvalue weighted by atomic mass is 9.94. The standard InChI is InChI=1S/C21H20Cl2N4O/c22-17-8-7-14(11-18(17)23)20-15-5-1-2-6-16(15)21(26-25-20)27-9-3-4-13(12-27)10-19(24)28/h1-2,5-8,11,13H,3-4,9-10,12H2,(H2,24,28). The Morgan fingerprint density at radius 3 is 2.64 bits per heavy atom. The summed E-state index contributed by atoms with van der Waals surface area (Å²) in [4.78, 5) is 13.5. The molecule has 3 aromatic rings. The molecule has 1 aliphatic heterocycles. The van der Waals surface area contributed by atoms with Crippen molar-refractivity contribution in [3.8, 4) is 11.3 Å². The smallest absolute Gasteiger partial charge is 0.217 e. The number of halogens is 2. The number of carbonyl (C=O) groups is 1. The molecular weight excluding hydrogens is 395 g/mol. The third-order valence-corrected chi connectivity index (χ3v) is 5.91. The maximum absolute atomic E-state index is 11.3. The van der Waals surface area contributed by atoms with Gasteiger partial charge in [-0.05, 0) is 30.9 Å². The Labute approximate surface area is 173 Å². The zero-order valence-corrected chi connectivity index (χ0v) is 16.7. The molecular formula is C21H20Cl2N4O. The fourth-order valence-electron chi connectivity index (χ4n) is 3.89. The molecule has 2 N–H and O–H groups in total. The van der Waals surface area contributed by atoms with Gasteiger partial charge in [0.2, 0.25) is 5.91 Å². The predicted octanol–water partition coefficient (Wildman–Crippen LogP) is 4.70. The van der Waals surface area contributed by atoms with Crippen LogP contribution in [0.15, 0.2) is 42.5 Å². The Balaban J connectivity index is 1.75.